The van der Waals surface area contributed by atoms with E-state index in [9.17, 15) is 9.90 Å². The van der Waals surface area contributed by atoms with E-state index >= 15 is 0 Å². The molecule has 2 rings (SSSR count). The maximum atomic E-state index is 11.2. The van der Waals surface area contributed by atoms with Crippen LogP contribution in [-0.2, 0) is 0 Å². The molecule has 0 saturated heterocycles. The van der Waals surface area contributed by atoms with Gasteiger partial charge in [0.15, 0.2) is 5.75 Å². The van der Waals surface area contributed by atoms with Gasteiger partial charge in [-0.05, 0) is 19.1 Å². The summed E-state index contributed by atoms with van der Waals surface area (Å²) in [7, 11) is 0. The average Bonchev–Trinajstić information content (AvgIpc) is 2.23. The first-order valence-electron chi connectivity index (χ1n) is 4.89. The molecule has 6 heteroatoms. The van der Waals surface area contributed by atoms with Gasteiger partial charge >= 0.3 is 0 Å². The monoisotopic (exact) mass is 233 g/mol. The van der Waals surface area contributed by atoms with Crippen molar-refractivity contribution in [3.8, 4) is 17.4 Å². The van der Waals surface area contributed by atoms with Gasteiger partial charge in [0.1, 0.15) is 17.3 Å². The molecule has 88 valence electrons. The predicted octanol–water partition coefficient (Wildman–Crippen LogP) is 1.16. The van der Waals surface area contributed by atoms with E-state index in [-0.39, 0.29) is 28.6 Å². The molecule has 4 N–H and O–H groups in total. The Kier molecular flexibility index (Phi) is 2.70. The number of para-hydroxylation sites is 1. The van der Waals surface area contributed by atoms with Gasteiger partial charge in [-0.2, -0.15) is 0 Å². The van der Waals surface area contributed by atoms with Gasteiger partial charge in [-0.15, -0.1) is 0 Å². The van der Waals surface area contributed by atoms with Crippen LogP contribution < -0.4 is 16.0 Å². The summed E-state index contributed by atoms with van der Waals surface area (Å²) in [6.45, 7) is 1.64. The predicted molar refractivity (Wildman–Crippen MR) is 62.2 cm³/mol. The molecule has 0 amide bonds. The van der Waals surface area contributed by atoms with Crippen molar-refractivity contribution in [3.63, 3.8) is 0 Å². The fraction of sp³-hybridized carbons (Fsp3) is 0.0909. The molecule has 0 unspecified atom stereocenters. The maximum Gasteiger partial charge on any atom is 0.254 e. The number of H-pyrrole nitrogens is 1. The number of nitrogen functional groups attached to an aromatic ring is 1. The summed E-state index contributed by atoms with van der Waals surface area (Å²) in [6, 6.07) is 5.81. The van der Waals surface area contributed by atoms with Crippen LogP contribution in [0.15, 0.2) is 29.1 Å². The number of aryl methyl sites for hydroxylation is 1. The molecule has 0 atom stereocenters. The number of hydrogen-bond donors (Lipinski definition) is 3. The number of hydrogen-bond acceptors (Lipinski definition) is 5. The quantitative estimate of drug-likeness (QED) is 0.533. The number of nitrogens with one attached hydrogen (secondary N) is 1. The van der Waals surface area contributed by atoms with Crippen molar-refractivity contribution < 1.29 is 9.84 Å². The summed E-state index contributed by atoms with van der Waals surface area (Å²) in [4.78, 5) is 17.7. The van der Waals surface area contributed by atoms with Crippen LogP contribution in [0.5, 0.6) is 17.4 Å². The van der Waals surface area contributed by atoms with Gasteiger partial charge in [-0.3, -0.25) is 4.79 Å². The zero-order valence-electron chi connectivity index (χ0n) is 9.10. The fourth-order valence-electron chi connectivity index (χ4n) is 1.34. The molecular formula is C11H11N3O3. The molecule has 0 bridgehead atoms. The highest BCUT2D eigenvalue weighted by molar-refractivity contribution is 5.62. The SMILES string of the molecule is Cc1nc(Oc2cccc(O)c2N)cc(=O)[nH]1. The molecule has 2 aromatic rings. The molecule has 1 heterocycles. The number of rotatable bonds is 2. The molecule has 0 aliphatic heterocycles. The van der Waals surface area contributed by atoms with Crippen LogP contribution in [0.2, 0.25) is 0 Å². The van der Waals surface area contributed by atoms with Crippen molar-refractivity contribution in [2.24, 2.45) is 0 Å². The van der Waals surface area contributed by atoms with Gasteiger partial charge in [0.25, 0.3) is 5.56 Å². The summed E-state index contributed by atoms with van der Waals surface area (Å²) in [6.07, 6.45) is 0. The number of anilines is 1. The summed E-state index contributed by atoms with van der Waals surface area (Å²) in [5.41, 5.74) is 5.41. The topological polar surface area (TPSA) is 101 Å². The van der Waals surface area contributed by atoms with Crippen LogP contribution in [0, 0.1) is 6.92 Å². The van der Waals surface area contributed by atoms with Gasteiger partial charge in [-0.25, -0.2) is 4.98 Å². The zero-order chi connectivity index (χ0) is 12.4. The first-order chi connectivity index (χ1) is 8.06. The second-order valence-corrected chi connectivity index (χ2v) is 3.46. The van der Waals surface area contributed by atoms with Gasteiger partial charge in [0.2, 0.25) is 5.88 Å². The molecule has 0 aliphatic carbocycles. The molecule has 0 aliphatic rings. The van der Waals surface area contributed by atoms with E-state index in [1.807, 2.05) is 0 Å². The number of aromatic amines is 1. The Bertz CT molecular complexity index is 607. The third-order valence-electron chi connectivity index (χ3n) is 2.09. The Hall–Kier alpha value is -2.50. The Morgan fingerprint density at radius 3 is 2.94 bits per heavy atom. The van der Waals surface area contributed by atoms with Crippen LogP contribution in [0.4, 0.5) is 5.69 Å². The largest absolute Gasteiger partial charge is 0.506 e. The van der Waals surface area contributed by atoms with E-state index in [0.717, 1.165) is 0 Å². The number of aromatic nitrogens is 2. The van der Waals surface area contributed by atoms with Gasteiger partial charge in [0, 0.05) is 0 Å². The summed E-state index contributed by atoms with van der Waals surface area (Å²) in [5.74, 6) is 0.737. The van der Waals surface area contributed by atoms with Crippen LogP contribution in [0.1, 0.15) is 5.82 Å². The Labute approximate surface area is 96.7 Å². The minimum atomic E-state index is -0.314. The van der Waals surface area contributed by atoms with Crippen LogP contribution in [0.3, 0.4) is 0 Å². The highest BCUT2D eigenvalue weighted by Crippen LogP contribution is 2.32. The highest BCUT2D eigenvalue weighted by atomic mass is 16.5. The highest BCUT2D eigenvalue weighted by Gasteiger charge is 2.07. The fourth-order valence-corrected chi connectivity index (χ4v) is 1.34. The normalized spacial score (nSPS) is 10.2. The van der Waals surface area contributed by atoms with E-state index in [1.54, 1.807) is 19.1 Å². The first-order valence-corrected chi connectivity index (χ1v) is 4.89. The number of aromatic hydroxyl groups is 1. The molecule has 1 aromatic heterocycles. The number of benzene rings is 1. The molecule has 0 spiro atoms. The number of nitrogens with zero attached hydrogens (tertiary/aromatic N) is 1. The lowest BCUT2D eigenvalue weighted by Crippen LogP contribution is -2.08. The number of ether oxygens (including phenoxy) is 1. The molecule has 0 saturated carbocycles. The van der Waals surface area contributed by atoms with Crippen LogP contribution in [-0.4, -0.2) is 15.1 Å². The van der Waals surface area contributed by atoms with Gasteiger partial charge in [-0.1, -0.05) is 6.07 Å². The van der Waals surface area contributed by atoms with Gasteiger partial charge < -0.3 is 20.6 Å². The molecule has 6 nitrogen and oxygen atoms in total. The van der Waals surface area contributed by atoms with E-state index in [0.29, 0.717) is 5.82 Å². The maximum absolute atomic E-state index is 11.2. The zero-order valence-corrected chi connectivity index (χ0v) is 9.10. The lowest BCUT2D eigenvalue weighted by Gasteiger charge is -2.08. The van der Waals surface area contributed by atoms with E-state index in [4.69, 9.17) is 10.5 Å². The number of phenolic OH excluding ortho intramolecular Hbond substituents is 1. The molecule has 17 heavy (non-hydrogen) atoms. The minimum absolute atomic E-state index is 0.0796. The molecule has 1 aromatic carbocycles. The second-order valence-electron chi connectivity index (χ2n) is 3.46. The smallest absolute Gasteiger partial charge is 0.254 e. The Morgan fingerprint density at radius 1 is 1.47 bits per heavy atom. The van der Waals surface area contributed by atoms with E-state index in [1.165, 1.54) is 12.1 Å². The summed E-state index contributed by atoms with van der Waals surface area (Å²) >= 11 is 0. The molecule has 0 fully saturated rings. The van der Waals surface area contributed by atoms with Crippen molar-refractivity contribution in [2.45, 2.75) is 6.92 Å². The second kappa shape index (κ2) is 4.17. The Balaban J connectivity index is 2.38. The van der Waals surface area contributed by atoms with E-state index in [2.05, 4.69) is 9.97 Å². The molecule has 0 radical (unpaired) electrons. The summed E-state index contributed by atoms with van der Waals surface area (Å²) < 4.78 is 5.34. The van der Waals surface area contributed by atoms with Crippen molar-refractivity contribution in [1.29, 1.82) is 0 Å². The summed E-state index contributed by atoms with van der Waals surface area (Å²) in [5, 5.41) is 9.39. The van der Waals surface area contributed by atoms with Gasteiger partial charge in [0.05, 0.1) is 6.07 Å². The molecular weight excluding hydrogens is 222 g/mol. The van der Waals surface area contributed by atoms with Crippen LogP contribution >= 0.6 is 0 Å². The Morgan fingerprint density at radius 2 is 2.24 bits per heavy atom. The minimum Gasteiger partial charge on any atom is -0.506 e. The van der Waals surface area contributed by atoms with Crippen molar-refractivity contribution >= 4 is 5.69 Å². The average molecular weight is 233 g/mol. The van der Waals surface area contributed by atoms with Crippen molar-refractivity contribution in [1.82, 2.24) is 9.97 Å². The van der Waals surface area contributed by atoms with Crippen LogP contribution in [0.25, 0.3) is 0 Å². The standard InChI is InChI=1S/C11H11N3O3/c1-6-13-9(16)5-10(14-6)17-8-4-2-3-7(15)11(8)12/h2-5,15H,12H2,1H3,(H,13,14,16). The third-order valence-corrected chi connectivity index (χ3v) is 2.09. The van der Waals surface area contributed by atoms with Crippen molar-refractivity contribution in [2.75, 3.05) is 5.73 Å². The number of phenols is 1. The lowest BCUT2D eigenvalue weighted by molar-refractivity contribution is 0.447. The first kappa shape index (κ1) is 11.0. The third kappa shape index (κ3) is 2.36. The number of nitrogens with two attached hydrogens (primary N) is 1. The lowest BCUT2D eigenvalue weighted by atomic mass is 10.3. The van der Waals surface area contributed by atoms with Crippen molar-refractivity contribution in [3.05, 3.63) is 40.4 Å². The van der Waals surface area contributed by atoms with E-state index < -0.39 is 0 Å².